The monoisotopic (exact) mass is 335 g/mol. The lowest BCUT2D eigenvalue weighted by Gasteiger charge is -2.13. The molecule has 0 spiro atoms. The molecule has 120 valence electrons. The van der Waals surface area contributed by atoms with Gasteiger partial charge in [-0.3, -0.25) is 9.59 Å². The van der Waals surface area contributed by atoms with Gasteiger partial charge in [-0.2, -0.15) is 0 Å². The number of hydrogen-bond donors (Lipinski definition) is 3. The predicted octanol–water partition coefficient (Wildman–Crippen LogP) is 3.02. The van der Waals surface area contributed by atoms with Crippen LogP contribution in [-0.2, 0) is 4.79 Å². The largest absolute Gasteiger partial charge is 0.330 e. The van der Waals surface area contributed by atoms with E-state index < -0.39 is 11.7 Å². The SMILES string of the molecule is NCCC(=O)Nc1cc(F)ccc1NC(=O)c1ccccc1Cl. The highest BCUT2D eigenvalue weighted by atomic mass is 35.5. The van der Waals surface area contributed by atoms with E-state index in [0.717, 1.165) is 6.07 Å². The maximum Gasteiger partial charge on any atom is 0.257 e. The summed E-state index contributed by atoms with van der Waals surface area (Å²) >= 11 is 5.97. The summed E-state index contributed by atoms with van der Waals surface area (Å²) in [5.74, 6) is -1.37. The van der Waals surface area contributed by atoms with Crippen molar-refractivity contribution in [3.8, 4) is 0 Å². The van der Waals surface area contributed by atoms with Crippen LogP contribution in [-0.4, -0.2) is 18.4 Å². The van der Waals surface area contributed by atoms with Gasteiger partial charge < -0.3 is 16.4 Å². The van der Waals surface area contributed by atoms with E-state index in [0.29, 0.717) is 5.02 Å². The summed E-state index contributed by atoms with van der Waals surface area (Å²) in [6.45, 7) is 0.169. The molecule has 0 aliphatic heterocycles. The molecule has 4 N–H and O–H groups in total. The van der Waals surface area contributed by atoms with Crippen molar-refractivity contribution in [2.45, 2.75) is 6.42 Å². The third-order valence-electron chi connectivity index (χ3n) is 2.99. The normalized spacial score (nSPS) is 10.2. The van der Waals surface area contributed by atoms with E-state index >= 15 is 0 Å². The first-order valence-corrected chi connectivity index (χ1v) is 7.24. The van der Waals surface area contributed by atoms with Crippen molar-refractivity contribution in [2.75, 3.05) is 17.2 Å². The minimum absolute atomic E-state index is 0.0917. The predicted molar refractivity (Wildman–Crippen MR) is 88.1 cm³/mol. The molecule has 7 heteroatoms. The minimum atomic E-state index is -0.538. The Morgan fingerprint density at radius 3 is 2.52 bits per heavy atom. The van der Waals surface area contributed by atoms with Crippen LogP contribution in [0.15, 0.2) is 42.5 Å². The Hall–Kier alpha value is -2.44. The highest BCUT2D eigenvalue weighted by Crippen LogP contribution is 2.25. The summed E-state index contributed by atoms with van der Waals surface area (Å²) in [6, 6.07) is 10.2. The van der Waals surface area contributed by atoms with E-state index in [1.165, 1.54) is 12.1 Å². The van der Waals surface area contributed by atoms with Crippen molar-refractivity contribution in [1.29, 1.82) is 0 Å². The maximum atomic E-state index is 13.4. The average molecular weight is 336 g/mol. The quantitative estimate of drug-likeness (QED) is 0.785. The Kier molecular flexibility index (Phi) is 5.67. The minimum Gasteiger partial charge on any atom is -0.330 e. The fourth-order valence-electron chi connectivity index (χ4n) is 1.91. The second-order valence-corrected chi connectivity index (χ2v) is 5.12. The lowest BCUT2D eigenvalue weighted by atomic mass is 10.2. The van der Waals surface area contributed by atoms with E-state index in [-0.39, 0.29) is 35.8 Å². The fourth-order valence-corrected chi connectivity index (χ4v) is 2.13. The number of benzene rings is 2. The summed E-state index contributed by atoms with van der Waals surface area (Å²) in [7, 11) is 0. The maximum absolute atomic E-state index is 13.4. The highest BCUT2D eigenvalue weighted by Gasteiger charge is 2.14. The molecule has 0 atom stereocenters. The van der Waals surface area contributed by atoms with Gasteiger partial charge in [-0.15, -0.1) is 0 Å². The first-order valence-electron chi connectivity index (χ1n) is 6.86. The molecule has 0 unspecified atom stereocenters. The van der Waals surface area contributed by atoms with E-state index in [1.54, 1.807) is 24.3 Å². The molecule has 0 saturated carbocycles. The van der Waals surface area contributed by atoms with E-state index in [2.05, 4.69) is 10.6 Å². The van der Waals surface area contributed by atoms with Gasteiger partial charge in [0, 0.05) is 13.0 Å². The number of carbonyl (C=O) groups excluding carboxylic acids is 2. The standard InChI is InChI=1S/C16H15ClFN3O2/c17-12-4-2-1-3-11(12)16(23)21-13-6-5-10(18)9-14(13)20-15(22)7-8-19/h1-6,9H,7-8,19H2,(H,20,22)(H,21,23). The number of rotatable bonds is 5. The first-order chi connectivity index (χ1) is 11.0. The van der Waals surface area contributed by atoms with Crippen molar-refractivity contribution in [3.05, 3.63) is 58.9 Å². The molecule has 0 saturated heterocycles. The molecule has 0 radical (unpaired) electrons. The Bertz CT molecular complexity index is 737. The van der Waals surface area contributed by atoms with Gasteiger partial charge in [0.15, 0.2) is 0 Å². The number of anilines is 2. The van der Waals surface area contributed by atoms with Crippen molar-refractivity contribution in [2.24, 2.45) is 5.73 Å². The van der Waals surface area contributed by atoms with Gasteiger partial charge in [-0.1, -0.05) is 23.7 Å². The van der Waals surface area contributed by atoms with Gasteiger partial charge in [-0.25, -0.2) is 4.39 Å². The molecule has 0 aromatic heterocycles. The number of halogens is 2. The number of carbonyl (C=O) groups is 2. The Morgan fingerprint density at radius 1 is 1.09 bits per heavy atom. The topological polar surface area (TPSA) is 84.2 Å². The van der Waals surface area contributed by atoms with E-state index in [9.17, 15) is 14.0 Å². The molecule has 2 amide bonds. The van der Waals surface area contributed by atoms with Gasteiger partial charge in [0.2, 0.25) is 5.91 Å². The van der Waals surface area contributed by atoms with Crippen molar-refractivity contribution in [3.63, 3.8) is 0 Å². The van der Waals surface area contributed by atoms with Crippen LogP contribution in [0.4, 0.5) is 15.8 Å². The number of nitrogens with one attached hydrogen (secondary N) is 2. The van der Waals surface area contributed by atoms with Crippen LogP contribution in [0, 0.1) is 5.82 Å². The van der Waals surface area contributed by atoms with Crippen LogP contribution in [0.2, 0.25) is 5.02 Å². The van der Waals surface area contributed by atoms with Gasteiger partial charge in [0.25, 0.3) is 5.91 Å². The molecular formula is C16H15ClFN3O2. The van der Waals surface area contributed by atoms with Crippen LogP contribution in [0.3, 0.4) is 0 Å². The molecule has 0 aliphatic rings. The van der Waals surface area contributed by atoms with Crippen molar-refractivity contribution in [1.82, 2.24) is 0 Å². The average Bonchev–Trinajstić information content (AvgIpc) is 2.50. The number of nitrogens with two attached hydrogens (primary N) is 1. The summed E-state index contributed by atoms with van der Waals surface area (Å²) < 4.78 is 13.4. The Balaban J connectivity index is 2.24. The van der Waals surface area contributed by atoms with E-state index in [4.69, 9.17) is 17.3 Å². The molecule has 2 rings (SSSR count). The molecule has 0 aliphatic carbocycles. The smallest absolute Gasteiger partial charge is 0.257 e. The third-order valence-corrected chi connectivity index (χ3v) is 3.32. The van der Waals surface area contributed by atoms with Crippen LogP contribution in [0.1, 0.15) is 16.8 Å². The lowest BCUT2D eigenvalue weighted by Crippen LogP contribution is -2.19. The zero-order valence-corrected chi connectivity index (χ0v) is 12.9. The summed E-state index contributed by atoms with van der Waals surface area (Å²) in [6.07, 6.45) is 0.0917. The summed E-state index contributed by atoms with van der Waals surface area (Å²) in [4.78, 5) is 23.9. The number of amides is 2. The van der Waals surface area contributed by atoms with Gasteiger partial charge in [0.05, 0.1) is 22.0 Å². The molecule has 2 aromatic carbocycles. The zero-order chi connectivity index (χ0) is 16.8. The van der Waals surface area contributed by atoms with Crippen molar-refractivity contribution >= 4 is 34.8 Å². The molecule has 0 bridgehead atoms. The van der Waals surface area contributed by atoms with Gasteiger partial charge >= 0.3 is 0 Å². The van der Waals surface area contributed by atoms with Gasteiger partial charge in [0.1, 0.15) is 5.82 Å². The lowest BCUT2D eigenvalue weighted by molar-refractivity contribution is -0.116. The fraction of sp³-hybridized carbons (Fsp3) is 0.125. The number of hydrogen-bond acceptors (Lipinski definition) is 3. The second-order valence-electron chi connectivity index (χ2n) is 4.71. The van der Waals surface area contributed by atoms with Crippen LogP contribution in [0.25, 0.3) is 0 Å². The van der Waals surface area contributed by atoms with Crippen LogP contribution < -0.4 is 16.4 Å². The molecule has 2 aromatic rings. The van der Waals surface area contributed by atoms with Crippen LogP contribution >= 0.6 is 11.6 Å². The van der Waals surface area contributed by atoms with E-state index in [1.807, 2.05) is 0 Å². The first kappa shape index (κ1) is 16.9. The molecular weight excluding hydrogens is 321 g/mol. The summed E-state index contributed by atoms with van der Waals surface area (Å²) in [5.41, 5.74) is 6.00. The molecule has 0 heterocycles. The van der Waals surface area contributed by atoms with Gasteiger partial charge in [-0.05, 0) is 30.3 Å². The molecule has 5 nitrogen and oxygen atoms in total. The third kappa shape index (κ3) is 4.51. The summed E-state index contributed by atoms with van der Waals surface area (Å²) in [5, 5.41) is 5.42. The second kappa shape index (κ2) is 7.71. The Morgan fingerprint density at radius 2 is 1.83 bits per heavy atom. The molecule has 0 fully saturated rings. The zero-order valence-electron chi connectivity index (χ0n) is 12.1. The van der Waals surface area contributed by atoms with Crippen molar-refractivity contribution < 1.29 is 14.0 Å². The Labute approximate surface area is 137 Å². The van der Waals surface area contributed by atoms with Crippen LogP contribution in [0.5, 0.6) is 0 Å². The molecule has 23 heavy (non-hydrogen) atoms. The highest BCUT2D eigenvalue weighted by molar-refractivity contribution is 6.34.